The molecule has 1 aliphatic heterocycles. The summed E-state index contributed by atoms with van der Waals surface area (Å²) in [6.07, 6.45) is 6.14. The van der Waals surface area contributed by atoms with Gasteiger partial charge < -0.3 is 5.32 Å². The van der Waals surface area contributed by atoms with Gasteiger partial charge in [-0.15, -0.1) is 12.4 Å². The lowest BCUT2D eigenvalue weighted by molar-refractivity contribution is 0.664. The predicted molar refractivity (Wildman–Crippen MR) is 83.3 cm³/mol. The fourth-order valence-corrected chi connectivity index (χ4v) is 3.69. The zero-order valence-corrected chi connectivity index (χ0v) is 12.9. The van der Waals surface area contributed by atoms with Gasteiger partial charge >= 0.3 is 0 Å². The molecule has 2 aliphatic rings. The van der Waals surface area contributed by atoms with Crippen LogP contribution in [0.4, 0.5) is 0 Å². The number of halogens is 1. The highest BCUT2D eigenvalue weighted by Crippen LogP contribution is 2.26. The van der Waals surface area contributed by atoms with E-state index in [1.165, 1.54) is 36.2 Å². The van der Waals surface area contributed by atoms with Crippen molar-refractivity contribution in [2.45, 2.75) is 37.9 Å². The van der Waals surface area contributed by atoms with Gasteiger partial charge in [0.05, 0.1) is 11.4 Å². The van der Waals surface area contributed by atoms with Gasteiger partial charge in [-0.25, -0.2) is 0 Å². The molecule has 0 spiro atoms. The van der Waals surface area contributed by atoms with Gasteiger partial charge in [0, 0.05) is 25.9 Å². The van der Waals surface area contributed by atoms with Crippen molar-refractivity contribution in [3.05, 3.63) is 17.0 Å². The van der Waals surface area contributed by atoms with Crippen molar-refractivity contribution in [1.82, 2.24) is 15.1 Å². The van der Waals surface area contributed by atoms with E-state index in [9.17, 15) is 0 Å². The first-order chi connectivity index (χ1) is 8.84. The van der Waals surface area contributed by atoms with E-state index in [1.54, 1.807) is 0 Å². The van der Waals surface area contributed by atoms with E-state index in [1.807, 2.05) is 11.8 Å². The standard InChI is InChI=1S/C13H20N4S.ClH/c1-17-12(9-18-13-14-7-4-8-15-13)10-5-2-3-6-11(10)16-17;/h2-9H2,1H3,(H,14,15);1H. The van der Waals surface area contributed by atoms with Crippen molar-refractivity contribution in [2.24, 2.45) is 12.0 Å². The summed E-state index contributed by atoms with van der Waals surface area (Å²) in [5.74, 6) is 0.991. The maximum atomic E-state index is 4.66. The first kappa shape index (κ1) is 14.7. The van der Waals surface area contributed by atoms with Gasteiger partial charge in [0.25, 0.3) is 0 Å². The number of fused-ring (bicyclic) bond motifs is 1. The number of nitrogens with zero attached hydrogens (tertiary/aromatic N) is 3. The van der Waals surface area contributed by atoms with Gasteiger partial charge in [-0.3, -0.25) is 9.67 Å². The summed E-state index contributed by atoms with van der Waals surface area (Å²) in [6.45, 7) is 2.04. The van der Waals surface area contributed by atoms with Gasteiger partial charge in [0.2, 0.25) is 0 Å². The lowest BCUT2D eigenvalue weighted by Crippen LogP contribution is -2.27. The van der Waals surface area contributed by atoms with Crippen LogP contribution in [0.1, 0.15) is 36.2 Å². The zero-order valence-electron chi connectivity index (χ0n) is 11.3. The first-order valence-electron chi connectivity index (χ1n) is 6.79. The maximum absolute atomic E-state index is 4.66. The van der Waals surface area contributed by atoms with Crippen molar-refractivity contribution in [1.29, 1.82) is 0 Å². The number of rotatable bonds is 2. The van der Waals surface area contributed by atoms with Crippen molar-refractivity contribution < 1.29 is 0 Å². The van der Waals surface area contributed by atoms with Gasteiger partial charge in [-0.2, -0.15) is 5.10 Å². The molecule has 0 unspecified atom stereocenters. The highest BCUT2D eigenvalue weighted by molar-refractivity contribution is 8.13. The molecule has 0 atom stereocenters. The molecule has 0 amide bonds. The maximum Gasteiger partial charge on any atom is 0.156 e. The Hall–Kier alpha value is -0.680. The highest BCUT2D eigenvalue weighted by Gasteiger charge is 2.19. The van der Waals surface area contributed by atoms with E-state index in [4.69, 9.17) is 0 Å². The van der Waals surface area contributed by atoms with Crippen LogP contribution in [0.15, 0.2) is 4.99 Å². The smallest absolute Gasteiger partial charge is 0.156 e. The van der Waals surface area contributed by atoms with Crippen molar-refractivity contribution >= 4 is 29.3 Å². The van der Waals surface area contributed by atoms with Crippen LogP contribution in [0, 0.1) is 0 Å². The Kier molecular flexibility index (Phi) is 5.16. The van der Waals surface area contributed by atoms with E-state index in [2.05, 4.69) is 27.1 Å². The topological polar surface area (TPSA) is 42.2 Å². The molecule has 4 nitrogen and oxygen atoms in total. The number of thioether (sulfide) groups is 1. The summed E-state index contributed by atoms with van der Waals surface area (Å²) < 4.78 is 2.08. The molecule has 1 aromatic rings. The predicted octanol–water partition coefficient (Wildman–Crippen LogP) is 2.30. The minimum Gasteiger partial charge on any atom is -0.365 e. The molecule has 0 bridgehead atoms. The van der Waals surface area contributed by atoms with E-state index in [0.29, 0.717) is 0 Å². The normalized spacial score (nSPS) is 18.1. The third kappa shape index (κ3) is 3.26. The Balaban J connectivity index is 0.00000133. The summed E-state index contributed by atoms with van der Waals surface area (Å²) in [4.78, 5) is 4.51. The zero-order chi connectivity index (χ0) is 12.4. The molecule has 0 saturated carbocycles. The molecule has 0 radical (unpaired) electrons. The molecule has 19 heavy (non-hydrogen) atoms. The van der Waals surface area contributed by atoms with Crippen molar-refractivity contribution in [2.75, 3.05) is 13.1 Å². The fourth-order valence-electron chi connectivity index (χ4n) is 2.67. The lowest BCUT2D eigenvalue weighted by atomic mass is 9.96. The lowest BCUT2D eigenvalue weighted by Gasteiger charge is -2.15. The average Bonchev–Trinajstić information content (AvgIpc) is 2.73. The molecule has 1 aliphatic carbocycles. The van der Waals surface area contributed by atoms with Gasteiger partial charge in [0.1, 0.15) is 0 Å². The van der Waals surface area contributed by atoms with Crippen LogP contribution in [-0.4, -0.2) is 28.0 Å². The Morgan fingerprint density at radius 2 is 2.11 bits per heavy atom. The Morgan fingerprint density at radius 3 is 2.89 bits per heavy atom. The molecule has 0 aromatic carbocycles. The SMILES string of the molecule is Cl.Cn1nc2c(c1CSC1=NCCCN1)CCCC2. The minimum absolute atomic E-state index is 0. The summed E-state index contributed by atoms with van der Waals surface area (Å²) in [6, 6.07) is 0. The number of nitrogens with one attached hydrogen (secondary N) is 1. The number of aryl methyl sites for hydroxylation is 2. The molecule has 0 fully saturated rings. The average molecular weight is 301 g/mol. The van der Waals surface area contributed by atoms with Crippen molar-refractivity contribution in [3.63, 3.8) is 0 Å². The largest absolute Gasteiger partial charge is 0.365 e. The molecule has 106 valence electrons. The second kappa shape index (κ2) is 6.66. The van der Waals surface area contributed by atoms with E-state index < -0.39 is 0 Å². The molecule has 0 saturated heterocycles. The van der Waals surface area contributed by atoms with Crippen LogP contribution in [0.3, 0.4) is 0 Å². The Labute approximate surface area is 124 Å². The van der Waals surface area contributed by atoms with Crippen LogP contribution in [0.2, 0.25) is 0 Å². The fraction of sp³-hybridized carbons (Fsp3) is 0.692. The van der Waals surface area contributed by atoms with Gasteiger partial charge in [0.15, 0.2) is 5.17 Å². The molecule has 1 aromatic heterocycles. The van der Waals surface area contributed by atoms with Crippen LogP contribution >= 0.6 is 24.2 Å². The number of hydrogen-bond acceptors (Lipinski definition) is 4. The summed E-state index contributed by atoms with van der Waals surface area (Å²) in [5.41, 5.74) is 4.23. The van der Waals surface area contributed by atoms with Gasteiger partial charge in [-0.1, -0.05) is 11.8 Å². The van der Waals surface area contributed by atoms with Crippen LogP contribution in [0.25, 0.3) is 0 Å². The number of aliphatic imine (C=N–C) groups is 1. The van der Waals surface area contributed by atoms with E-state index in [0.717, 1.165) is 36.9 Å². The molecular weight excluding hydrogens is 280 g/mol. The summed E-state index contributed by atoms with van der Waals surface area (Å²) >= 11 is 1.82. The first-order valence-corrected chi connectivity index (χ1v) is 7.78. The van der Waals surface area contributed by atoms with Crippen LogP contribution < -0.4 is 5.32 Å². The quantitative estimate of drug-likeness (QED) is 0.911. The molecule has 2 heterocycles. The van der Waals surface area contributed by atoms with Crippen LogP contribution in [0.5, 0.6) is 0 Å². The number of hydrogen-bond donors (Lipinski definition) is 1. The highest BCUT2D eigenvalue weighted by atomic mass is 35.5. The Bertz CT molecular complexity index is 469. The third-order valence-corrected chi connectivity index (χ3v) is 4.63. The van der Waals surface area contributed by atoms with Crippen LogP contribution in [-0.2, 0) is 25.6 Å². The molecule has 6 heteroatoms. The summed E-state index contributed by atoms with van der Waals surface area (Å²) in [5, 5.41) is 9.13. The second-order valence-corrected chi connectivity index (χ2v) is 5.92. The van der Waals surface area contributed by atoms with E-state index >= 15 is 0 Å². The monoisotopic (exact) mass is 300 g/mol. The second-order valence-electron chi connectivity index (χ2n) is 4.96. The number of amidine groups is 1. The number of aromatic nitrogens is 2. The molecule has 3 rings (SSSR count). The third-order valence-electron chi connectivity index (χ3n) is 3.66. The van der Waals surface area contributed by atoms with Gasteiger partial charge in [-0.05, 0) is 37.7 Å². The molecular formula is C13H21ClN4S. The Morgan fingerprint density at radius 1 is 1.26 bits per heavy atom. The minimum atomic E-state index is 0. The van der Waals surface area contributed by atoms with Crippen molar-refractivity contribution in [3.8, 4) is 0 Å². The molecule has 1 N–H and O–H groups in total. The van der Waals surface area contributed by atoms with E-state index in [-0.39, 0.29) is 12.4 Å². The summed E-state index contributed by atoms with van der Waals surface area (Å²) in [7, 11) is 2.07.